The van der Waals surface area contributed by atoms with Gasteiger partial charge in [0.2, 0.25) is 0 Å². The minimum Gasteiger partial charge on any atom is -0.388 e. The molecule has 3 heterocycles. The Morgan fingerprint density at radius 2 is 1.93 bits per heavy atom. The van der Waals surface area contributed by atoms with Crippen LogP contribution in [-0.2, 0) is 9.47 Å². The van der Waals surface area contributed by atoms with E-state index in [0.29, 0.717) is 19.3 Å². The van der Waals surface area contributed by atoms with Crippen LogP contribution >= 0.6 is 0 Å². The highest BCUT2D eigenvalue weighted by molar-refractivity contribution is 6.01. The number of anilines is 1. The second kappa shape index (κ2) is 7.62. The highest BCUT2D eigenvalue weighted by atomic mass is 16.7. The maximum Gasteiger partial charge on any atom is 0.184 e. The fourth-order valence-electron chi connectivity index (χ4n) is 4.59. The molecule has 2 aliphatic rings. The minimum absolute atomic E-state index is 0.327. The van der Waals surface area contributed by atoms with Crippen molar-refractivity contribution in [1.82, 2.24) is 9.47 Å². The number of carbonyl (C=O) groups is 1. The number of fused-ring (bicyclic) bond motifs is 1. The van der Waals surface area contributed by atoms with Crippen molar-refractivity contribution in [2.45, 2.75) is 39.0 Å². The number of hydrogen-bond acceptors (Lipinski definition) is 5. The Kier molecular flexibility index (Phi) is 5.21. The van der Waals surface area contributed by atoms with Gasteiger partial charge in [-0.1, -0.05) is 6.92 Å². The van der Waals surface area contributed by atoms with Crippen LogP contribution in [0.2, 0.25) is 0 Å². The summed E-state index contributed by atoms with van der Waals surface area (Å²) in [6, 6.07) is 4.58. The average molecular weight is 371 g/mol. The number of aryl methyl sites for hydroxylation is 1. The Balaban J connectivity index is 1.85. The molecule has 0 amide bonds. The van der Waals surface area contributed by atoms with Crippen molar-refractivity contribution in [3.8, 4) is 0 Å². The lowest BCUT2D eigenvalue weighted by Crippen LogP contribution is -2.34. The van der Waals surface area contributed by atoms with E-state index >= 15 is 0 Å². The average Bonchev–Trinajstić information content (AvgIpc) is 3.34. The van der Waals surface area contributed by atoms with E-state index < -0.39 is 0 Å². The molecule has 0 unspecified atom stereocenters. The third-order valence-corrected chi connectivity index (χ3v) is 6.06. The summed E-state index contributed by atoms with van der Waals surface area (Å²) in [5, 5.41) is 4.43. The third kappa shape index (κ3) is 3.16. The molecule has 146 valence electrons. The first kappa shape index (κ1) is 18.5. The van der Waals surface area contributed by atoms with Crippen molar-refractivity contribution >= 4 is 22.9 Å². The molecule has 2 aromatic rings. The molecule has 2 saturated heterocycles. The van der Waals surface area contributed by atoms with Gasteiger partial charge in [-0.3, -0.25) is 4.79 Å². The molecule has 6 heteroatoms. The molecule has 0 bridgehead atoms. The van der Waals surface area contributed by atoms with Crippen molar-refractivity contribution in [3.05, 3.63) is 29.0 Å². The van der Waals surface area contributed by atoms with E-state index in [2.05, 4.69) is 33.8 Å². The van der Waals surface area contributed by atoms with Gasteiger partial charge in [0.15, 0.2) is 12.6 Å². The second-order valence-corrected chi connectivity index (χ2v) is 7.45. The zero-order chi connectivity index (χ0) is 19.0. The number of aldehydes is 1. The predicted octanol–water partition coefficient (Wildman–Crippen LogP) is 3.51. The van der Waals surface area contributed by atoms with Gasteiger partial charge in [0.25, 0.3) is 0 Å². The Labute approximate surface area is 160 Å². The molecule has 1 aromatic heterocycles. The highest BCUT2D eigenvalue weighted by Crippen LogP contribution is 2.39. The summed E-state index contributed by atoms with van der Waals surface area (Å²) in [7, 11) is 1.92. The van der Waals surface area contributed by atoms with Crippen LogP contribution in [0.1, 0.15) is 53.7 Å². The topological polar surface area (TPSA) is 55.7 Å². The Bertz CT molecular complexity index is 831. The van der Waals surface area contributed by atoms with Crippen molar-refractivity contribution < 1.29 is 14.3 Å². The lowest BCUT2D eigenvalue weighted by Gasteiger charge is -2.33. The van der Waals surface area contributed by atoms with Crippen LogP contribution in [0, 0.1) is 6.92 Å². The van der Waals surface area contributed by atoms with Crippen LogP contribution in [0.5, 0.6) is 0 Å². The van der Waals surface area contributed by atoms with Crippen LogP contribution in [-0.4, -0.2) is 55.6 Å². The Morgan fingerprint density at radius 3 is 2.52 bits per heavy atom. The van der Waals surface area contributed by atoms with Gasteiger partial charge < -0.3 is 24.3 Å². The van der Waals surface area contributed by atoms with Gasteiger partial charge in [-0.15, -0.1) is 0 Å². The van der Waals surface area contributed by atoms with Gasteiger partial charge in [-0.05, 0) is 44.0 Å². The molecular formula is C21H29N3O3. The largest absolute Gasteiger partial charge is 0.388 e. The quantitative estimate of drug-likeness (QED) is 0.815. The van der Waals surface area contributed by atoms with Crippen molar-refractivity contribution in [2.75, 3.05) is 45.2 Å². The van der Waals surface area contributed by atoms with Crippen LogP contribution < -0.4 is 5.32 Å². The normalized spacial score (nSPS) is 19.8. The van der Waals surface area contributed by atoms with Gasteiger partial charge in [0, 0.05) is 42.8 Å². The summed E-state index contributed by atoms with van der Waals surface area (Å²) in [5.41, 5.74) is 4.97. The standard InChI is InChI=1S/C21H29N3O3/c1-4-23-7-5-16(6-8-23)24-18-12-15(21-26-9-10-27-21)11-17(22-3)20(18)14(2)19(24)13-25/h11-13,16,21-22H,4-10H2,1-3H3. The number of benzene rings is 1. The Hall–Kier alpha value is -1.89. The van der Waals surface area contributed by atoms with E-state index in [9.17, 15) is 4.79 Å². The van der Waals surface area contributed by atoms with E-state index in [4.69, 9.17) is 9.47 Å². The highest BCUT2D eigenvalue weighted by Gasteiger charge is 2.28. The summed E-state index contributed by atoms with van der Waals surface area (Å²) < 4.78 is 13.7. The number of hydrogen-bond donors (Lipinski definition) is 1. The number of carbonyl (C=O) groups excluding carboxylic acids is 1. The minimum atomic E-state index is -0.327. The van der Waals surface area contributed by atoms with Crippen LogP contribution in [0.25, 0.3) is 10.9 Å². The molecule has 0 radical (unpaired) electrons. The smallest absolute Gasteiger partial charge is 0.184 e. The monoisotopic (exact) mass is 371 g/mol. The summed E-state index contributed by atoms with van der Waals surface area (Å²) in [6.07, 6.45) is 2.82. The molecule has 0 spiro atoms. The first-order valence-electron chi connectivity index (χ1n) is 9.94. The summed E-state index contributed by atoms with van der Waals surface area (Å²) in [4.78, 5) is 14.5. The first-order chi connectivity index (χ1) is 13.2. The predicted molar refractivity (Wildman–Crippen MR) is 107 cm³/mol. The van der Waals surface area contributed by atoms with Gasteiger partial charge in [0.1, 0.15) is 0 Å². The van der Waals surface area contributed by atoms with E-state index in [1.807, 2.05) is 14.0 Å². The lowest BCUT2D eigenvalue weighted by molar-refractivity contribution is -0.0440. The first-order valence-corrected chi connectivity index (χ1v) is 9.94. The molecule has 2 fully saturated rings. The number of ether oxygens (including phenoxy) is 2. The Morgan fingerprint density at radius 1 is 1.22 bits per heavy atom. The van der Waals surface area contributed by atoms with Crippen LogP contribution in [0.3, 0.4) is 0 Å². The number of nitrogens with zero attached hydrogens (tertiary/aromatic N) is 2. The van der Waals surface area contributed by atoms with Gasteiger partial charge >= 0.3 is 0 Å². The maximum atomic E-state index is 12.0. The van der Waals surface area contributed by atoms with Crippen molar-refractivity contribution in [3.63, 3.8) is 0 Å². The number of rotatable bonds is 5. The summed E-state index contributed by atoms with van der Waals surface area (Å²) in [5.74, 6) is 0. The number of piperidine rings is 1. The maximum absolute atomic E-state index is 12.0. The summed E-state index contributed by atoms with van der Waals surface area (Å²) in [6.45, 7) is 8.73. The molecule has 0 atom stereocenters. The van der Waals surface area contributed by atoms with Gasteiger partial charge in [-0.25, -0.2) is 0 Å². The number of nitrogens with one attached hydrogen (secondary N) is 1. The van der Waals surface area contributed by atoms with Crippen LogP contribution in [0.15, 0.2) is 12.1 Å². The lowest BCUT2D eigenvalue weighted by atomic mass is 10.0. The molecule has 4 rings (SSSR count). The molecule has 0 saturated carbocycles. The van der Waals surface area contributed by atoms with Gasteiger partial charge in [0.05, 0.1) is 24.4 Å². The number of likely N-dealkylation sites (tertiary alicyclic amines) is 1. The zero-order valence-corrected chi connectivity index (χ0v) is 16.5. The molecule has 6 nitrogen and oxygen atoms in total. The van der Waals surface area contributed by atoms with E-state index in [0.717, 1.165) is 72.2 Å². The molecule has 1 N–H and O–H groups in total. The van der Waals surface area contributed by atoms with Crippen LogP contribution in [0.4, 0.5) is 5.69 Å². The molecular weight excluding hydrogens is 342 g/mol. The van der Waals surface area contributed by atoms with Crippen molar-refractivity contribution in [1.29, 1.82) is 0 Å². The second-order valence-electron chi connectivity index (χ2n) is 7.45. The SMILES string of the molecule is CCN1CCC(n2c(C=O)c(C)c3c(NC)cc(C4OCCO4)cc32)CC1. The fraction of sp³-hybridized carbons (Fsp3) is 0.571. The van der Waals surface area contributed by atoms with Crippen molar-refractivity contribution in [2.24, 2.45) is 0 Å². The van der Waals surface area contributed by atoms with E-state index in [-0.39, 0.29) is 6.29 Å². The van der Waals surface area contributed by atoms with E-state index in [1.165, 1.54) is 0 Å². The molecule has 27 heavy (non-hydrogen) atoms. The third-order valence-electron chi connectivity index (χ3n) is 6.06. The molecule has 1 aromatic carbocycles. The number of aromatic nitrogens is 1. The van der Waals surface area contributed by atoms with E-state index in [1.54, 1.807) is 0 Å². The molecule has 0 aliphatic carbocycles. The zero-order valence-electron chi connectivity index (χ0n) is 16.5. The molecule has 2 aliphatic heterocycles. The summed E-state index contributed by atoms with van der Waals surface area (Å²) >= 11 is 0. The van der Waals surface area contributed by atoms with Gasteiger partial charge in [-0.2, -0.15) is 0 Å². The fourth-order valence-corrected chi connectivity index (χ4v) is 4.59.